The number of furan rings is 1. The Morgan fingerprint density at radius 3 is 2.79 bits per heavy atom. The monoisotopic (exact) mass is 391 g/mol. The molecule has 0 atom stereocenters. The molecule has 0 fully saturated rings. The summed E-state index contributed by atoms with van der Waals surface area (Å²) in [6.45, 7) is 1.74. The highest BCUT2D eigenvalue weighted by molar-refractivity contribution is 9.10. The molecular weight excluding hydrogens is 378 g/mol. The zero-order valence-electron chi connectivity index (χ0n) is 13.2. The van der Waals surface area contributed by atoms with E-state index < -0.39 is 11.9 Å². The molecule has 2 aromatic heterocycles. The van der Waals surface area contributed by atoms with E-state index in [1.807, 2.05) is 12.1 Å². The van der Waals surface area contributed by atoms with E-state index in [4.69, 9.17) is 9.15 Å². The maximum Gasteiger partial charge on any atom is 0.360 e. The van der Waals surface area contributed by atoms with Crippen LogP contribution in [0, 0.1) is 6.92 Å². The van der Waals surface area contributed by atoms with Gasteiger partial charge >= 0.3 is 5.97 Å². The number of hydrogen-bond donors (Lipinski definition) is 1. The molecule has 3 aromatic rings. The summed E-state index contributed by atoms with van der Waals surface area (Å²) in [5, 5.41) is 7.55. The van der Waals surface area contributed by atoms with E-state index in [9.17, 15) is 9.59 Å². The van der Waals surface area contributed by atoms with E-state index in [-0.39, 0.29) is 11.5 Å². The summed E-state index contributed by atoms with van der Waals surface area (Å²) >= 11 is 3.37. The molecule has 0 aliphatic heterocycles. The fraction of sp³-hybridized carbons (Fsp3) is 0.188. The largest absolute Gasteiger partial charge is 0.464 e. The van der Waals surface area contributed by atoms with Crippen LogP contribution in [-0.4, -0.2) is 28.8 Å². The first-order valence-corrected chi connectivity index (χ1v) is 7.82. The molecule has 0 saturated carbocycles. The van der Waals surface area contributed by atoms with Crippen molar-refractivity contribution in [3.63, 3.8) is 0 Å². The number of hydrogen-bond acceptors (Lipinski definition) is 5. The van der Waals surface area contributed by atoms with Crippen molar-refractivity contribution in [3.8, 4) is 0 Å². The van der Waals surface area contributed by atoms with Crippen molar-refractivity contribution < 1.29 is 18.7 Å². The van der Waals surface area contributed by atoms with E-state index in [0.717, 1.165) is 9.86 Å². The average molecular weight is 392 g/mol. The standard InChI is InChI=1S/C16H14BrN3O4/c1-8-13(14(16(22)23-3)19-20(8)2)18-15(21)12-7-9-6-10(17)4-5-11(9)24-12/h4-7H,1-3H3,(H,18,21). The number of ether oxygens (including phenoxy) is 1. The van der Waals surface area contributed by atoms with Gasteiger partial charge in [-0.1, -0.05) is 15.9 Å². The van der Waals surface area contributed by atoms with E-state index >= 15 is 0 Å². The number of amides is 1. The number of halogens is 1. The van der Waals surface area contributed by atoms with Crippen molar-refractivity contribution in [3.05, 3.63) is 45.9 Å². The van der Waals surface area contributed by atoms with Crippen LogP contribution in [0.15, 0.2) is 33.2 Å². The molecule has 0 aliphatic carbocycles. The van der Waals surface area contributed by atoms with Gasteiger partial charge in [-0.05, 0) is 31.2 Å². The minimum atomic E-state index is -0.623. The van der Waals surface area contributed by atoms with Crippen LogP contribution in [0.5, 0.6) is 0 Å². The first kappa shape index (κ1) is 16.3. The van der Waals surface area contributed by atoms with E-state index in [1.165, 1.54) is 11.8 Å². The highest BCUT2D eigenvalue weighted by atomic mass is 79.9. The SMILES string of the molecule is COC(=O)c1nn(C)c(C)c1NC(=O)c1cc2cc(Br)ccc2o1. The van der Waals surface area contributed by atoms with Crippen LogP contribution in [0.3, 0.4) is 0 Å². The maximum atomic E-state index is 12.5. The molecule has 2 heterocycles. The van der Waals surface area contributed by atoms with Crippen LogP contribution in [0.1, 0.15) is 26.7 Å². The molecule has 24 heavy (non-hydrogen) atoms. The van der Waals surface area contributed by atoms with Gasteiger partial charge in [-0.3, -0.25) is 9.48 Å². The lowest BCUT2D eigenvalue weighted by molar-refractivity contribution is 0.0594. The number of carbonyl (C=O) groups excluding carboxylic acids is 2. The number of esters is 1. The second-order valence-corrected chi connectivity index (χ2v) is 6.09. The van der Waals surface area contributed by atoms with Crippen LogP contribution in [0.25, 0.3) is 11.0 Å². The van der Waals surface area contributed by atoms with E-state index in [0.29, 0.717) is 17.0 Å². The summed E-state index contributed by atoms with van der Waals surface area (Å²) in [5.74, 6) is -0.951. The van der Waals surface area contributed by atoms with Crippen molar-refractivity contribution in [2.24, 2.45) is 7.05 Å². The topological polar surface area (TPSA) is 86.4 Å². The Hall–Kier alpha value is -2.61. The van der Waals surface area contributed by atoms with Gasteiger partial charge in [0.1, 0.15) is 5.58 Å². The summed E-state index contributed by atoms with van der Waals surface area (Å²) in [6.07, 6.45) is 0. The van der Waals surface area contributed by atoms with Crippen LogP contribution in [0.4, 0.5) is 5.69 Å². The summed E-state index contributed by atoms with van der Waals surface area (Å²) in [6, 6.07) is 7.09. The van der Waals surface area contributed by atoms with Crippen LogP contribution in [0.2, 0.25) is 0 Å². The third kappa shape index (κ3) is 2.80. The minimum Gasteiger partial charge on any atom is -0.464 e. The number of carbonyl (C=O) groups is 2. The van der Waals surface area contributed by atoms with E-state index in [2.05, 4.69) is 26.3 Å². The molecule has 1 N–H and O–H groups in total. The van der Waals surface area contributed by atoms with Crippen molar-refractivity contribution in [2.75, 3.05) is 12.4 Å². The Morgan fingerprint density at radius 2 is 2.08 bits per heavy atom. The predicted octanol–water partition coefficient (Wildman–Crippen LogP) is 3.28. The second kappa shape index (κ2) is 6.12. The first-order valence-electron chi connectivity index (χ1n) is 7.03. The molecular formula is C16H14BrN3O4. The zero-order chi connectivity index (χ0) is 17.4. The molecule has 0 radical (unpaired) electrons. The fourth-order valence-electron chi connectivity index (χ4n) is 2.30. The molecule has 0 unspecified atom stereocenters. The van der Waals surface area contributed by atoms with Gasteiger partial charge in [0.2, 0.25) is 0 Å². The van der Waals surface area contributed by atoms with Gasteiger partial charge in [0.05, 0.1) is 18.5 Å². The number of anilines is 1. The number of benzene rings is 1. The van der Waals surface area contributed by atoms with Crippen LogP contribution in [-0.2, 0) is 11.8 Å². The van der Waals surface area contributed by atoms with Gasteiger partial charge in [-0.25, -0.2) is 4.79 Å². The van der Waals surface area contributed by atoms with Crippen molar-refractivity contribution in [1.82, 2.24) is 9.78 Å². The lowest BCUT2D eigenvalue weighted by atomic mass is 10.2. The van der Waals surface area contributed by atoms with Gasteiger partial charge in [-0.15, -0.1) is 0 Å². The molecule has 1 amide bonds. The highest BCUT2D eigenvalue weighted by Gasteiger charge is 2.23. The molecule has 0 saturated heterocycles. The predicted molar refractivity (Wildman–Crippen MR) is 91.2 cm³/mol. The van der Waals surface area contributed by atoms with Crippen molar-refractivity contribution >= 4 is 44.5 Å². The number of aromatic nitrogens is 2. The molecule has 0 aliphatic rings. The maximum absolute atomic E-state index is 12.5. The molecule has 0 spiro atoms. The molecule has 7 nitrogen and oxygen atoms in total. The number of nitrogens with one attached hydrogen (secondary N) is 1. The van der Waals surface area contributed by atoms with Crippen molar-refractivity contribution in [1.29, 1.82) is 0 Å². The lowest BCUT2D eigenvalue weighted by Crippen LogP contribution is -2.14. The van der Waals surface area contributed by atoms with Gasteiger partial charge in [0.25, 0.3) is 5.91 Å². The van der Waals surface area contributed by atoms with Crippen molar-refractivity contribution in [2.45, 2.75) is 6.92 Å². The third-order valence-electron chi connectivity index (χ3n) is 3.65. The van der Waals surface area contributed by atoms with Crippen LogP contribution < -0.4 is 5.32 Å². The highest BCUT2D eigenvalue weighted by Crippen LogP contribution is 2.25. The Bertz CT molecular complexity index is 958. The summed E-state index contributed by atoms with van der Waals surface area (Å²) in [5.41, 5.74) is 1.57. The quantitative estimate of drug-likeness (QED) is 0.692. The third-order valence-corrected chi connectivity index (χ3v) is 4.15. The minimum absolute atomic E-state index is 0.0460. The van der Waals surface area contributed by atoms with Gasteiger partial charge < -0.3 is 14.5 Å². The number of fused-ring (bicyclic) bond motifs is 1. The Labute approximate surface area is 145 Å². The summed E-state index contributed by atoms with van der Waals surface area (Å²) in [4.78, 5) is 24.3. The number of methoxy groups -OCH3 is 1. The molecule has 0 bridgehead atoms. The van der Waals surface area contributed by atoms with E-state index in [1.54, 1.807) is 26.1 Å². The summed E-state index contributed by atoms with van der Waals surface area (Å²) < 4.78 is 12.6. The second-order valence-electron chi connectivity index (χ2n) is 5.17. The summed E-state index contributed by atoms with van der Waals surface area (Å²) in [7, 11) is 2.94. The van der Waals surface area contributed by atoms with Crippen LogP contribution >= 0.6 is 15.9 Å². The molecule has 3 rings (SSSR count). The Morgan fingerprint density at radius 1 is 1.33 bits per heavy atom. The van der Waals surface area contributed by atoms with Gasteiger partial charge in [-0.2, -0.15) is 5.10 Å². The Balaban J connectivity index is 1.95. The lowest BCUT2D eigenvalue weighted by Gasteiger charge is -2.04. The van der Waals surface area contributed by atoms with Gasteiger partial charge in [0, 0.05) is 16.9 Å². The number of rotatable bonds is 3. The zero-order valence-corrected chi connectivity index (χ0v) is 14.8. The first-order chi connectivity index (χ1) is 11.4. The number of nitrogens with zero attached hydrogens (tertiary/aromatic N) is 2. The molecule has 8 heteroatoms. The Kier molecular flexibility index (Phi) is 4.15. The molecule has 1 aromatic carbocycles. The number of aryl methyl sites for hydroxylation is 1. The normalized spacial score (nSPS) is 10.8. The molecule has 124 valence electrons. The fourth-order valence-corrected chi connectivity index (χ4v) is 2.68. The smallest absolute Gasteiger partial charge is 0.360 e. The van der Waals surface area contributed by atoms with Gasteiger partial charge in [0.15, 0.2) is 11.5 Å². The average Bonchev–Trinajstić information content (AvgIpc) is 3.10.